The van der Waals surface area contributed by atoms with E-state index in [9.17, 15) is 19.7 Å². The maximum atomic E-state index is 12.0. The number of fused-ring (bicyclic) bond motifs is 1. The molecule has 2 aromatic heterocycles. The maximum absolute atomic E-state index is 12.0. The lowest BCUT2D eigenvalue weighted by Gasteiger charge is -2.05. The molecule has 0 amide bonds. The zero-order chi connectivity index (χ0) is 17.3. The van der Waals surface area contributed by atoms with Crippen molar-refractivity contribution in [3.05, 3.63) is 67.6 Å². The Kier molecular flexibility index (Phi) is 3.96. The van der Waals surface area contributed by atoms with Crippen LogP contribution in [0.5, 0.6) is 0 Å². The molecule has 3 rings (SSSR count). The number of esters is 1. The highest BCUT2D eigenvalue weighted by molar-refractivity contribution is 7.15. The van der Waals surface area contributed by atoms with Crippen LogP contribution in [0, 0.1) is 10.1 Å². The molecule has 0 radical (unpaired) electrons. The van der Waals surface area contributed by atoms with Crippen LogP contribution in [0.3, 0.4) is 0 Å². The van der Waals surface area contributed by atoms with Gasteiger partial charge in [0.15, 0.2) is 4.96 Å². The molecule has 24 heavy (non-hydrogen) atoms. The molecule has 9 nitrogen and oxygen atoms in total. The molecule has 0 saturated heterocycles. The van der Waals surface area contributed by atoms with Crippen molar-refractivity contribution in [2.75, 3.05) is 5.73 Å². The van der Waals surface area contributed by atoms with E-state index in [0.29, 0.717) is 10.7 Å². The van der Waals surface area contributed by atoms with Crippen LogP contribution < -0.4 is 11.3 Å². The highest BCUT2D eigenvalue weighted by atomic mass is 32.1. The summed E-state index contributed by atoms with van der Waals surface area (Å²) >= 11 is 1.28. The number of benzene rings is 1. The molecule has 0 saturated carbocycles. The van der Waals surface area contributed by atoms with Crippen molar-refractivity contribution in [3.63, 3.8) is 0 Å². The highest BCUT2D eigenvalue weighted by Gasteiger charge is 2.17. The summed E-state index contributed by atoms with van der Waals surface area (Å²) in [7, 11) is 0. The first-order valence-corrected chi connectivity index (χ1v) is 7.50. The molecule has 0 spiro atoms. The number of carbonyl (C=O) groups is 1. The molecule has 0 aliphatic rings. The lowest BCUT2D eigenvalue weighted by Crippen LogP contribution is -2.14. The topological polar surface area (TPSA) is 130 Å². The van der Waals surface area contributed by atoms with E-state index in [2.05, 4.69) is 4.98 Å². The minimum absolute atomic E-state index is 0.00942. The third-order valence-electron chi connectivity index (χ3n) is 3.17. The average molecular weight is 346 g/mol. The second-order valence-corrected chi connectivity index (χ2v) is 5.62. The molecule has 0 atom stereocenters. The summed E-state index contributed by atoms with van der Waals surface area (Å²) in [6.45, 7) is -0.222. The highest BCUT2D eigenvalue weighted by Crippen LogP contribution is 2.22. The monoisotopic (exact) mass is 346 g/mol. The fourth-order valence-corrected chi connectivity index (χ4v) is 2.75. The summed E-state index contributed by atoms with van der Waals surface area (Å²) in [5.41, 5.74) is 5.05. The number of nitrogen functional groups attached to an aromatic ring is 1. The van der Waals surface area contributed by atoms with Crippen molar-refractivity contribution in [2.45, 2.75) is 6.61 Å². The van der Waals surface area contributed by atoms with Crippen molar-refractivity contribution in [1.29, 1.82) is 0 Å². The summed E-state index contributed by atoms with van der Waals surface area (Å²) in [6, 6.07) is 4.90. The third-order valence-corrected chi connectivity index (χ3v) is 3.93. The van der Waals surface area contributed by atoms with Crippen LogP contribution in [0.15, 0.2) is 40.6 Å². The van der Waals surface area contributed by atoms with Gasteiger partial charge in [0.25, 0.3) is 11.2 Å². The van der Waals surface area contributed by atoms with Gasteiger partial charge in [0.2, 0.25) is 0 Å². The van der Waals surface area contributed by atoms with E-state index in [-0.39, 0.29) is 29.1 Å². The van der Waals surface area contributed by atoms with Crippen molar-refractivity contribution < 1.29 is 14.5 Å². The first kappa shape index (κ1) is 15.6. The maximum Gasteiger partial charge on any atom is 0.338 e. The van der Waals surface area contributed by atoms with Gasteiger partial charge < -0.3 is 10.5 Å². The Morgan fingerprint density at radius 3 is 2.96 bits per heavy atom. The summed E-state index contributed by atoms with van der Waals surface area (Å²) in [5.74, 6) is -0.772. The summed E-state index contributed by atoms with van der Waals surface area (Å²) in [5, 5.41) is 12.6. The third kappa shape index (κ3) is 2.94. The number of nitrogens with zero attached hydrogens (tertiary/aromatic N) is 3. The molecule has 0 bridgehead atoms. The van der Waals surface area contributed by atoms with Gasteiger partial charge in [-0.25, -0.2) is 9.78 Å². The van der Waals surface area contributed by atoms with Crippen LogP contribution in [-0.4, -0.2) is 20.3 Å². The number of thiazole rings is 1. The zero-order valence-corrected chi connectivity index (χ0v) is 12.9. The molecule has 0 unspecified atom stereocenters. The van der Waals surface area contributed by atoms with Gasteiger partial charge in [-0.3, -0.25) is 19.3 Å². The van der Waals surface area contributed by atoms with Gasteiger partial charge in [-0.2, -0.15) is 0 Å². The number of nitro benzene ring substituents is 1. The molecule has 0 aliphatic carbocycles. The lowest BCUT2D eigenvalue weighted by atomic mass is 10.2. The van der Waals surface area contributed by atoms with Crippen LogP contribution in [0.25, 0.3) is 4.96 Å². The summed E-state index contributed by atoms with van der Waals surface area (Å²) < 4.78 is 6.44. The molecule has 2 heterocycles. The molecule has 122 valence electrons. The Morgan fingerprint density at radius 2 is 2.21 bits per heavy atom. The Hall–Kier alpha value is -3.27. The van der Waals surface area contributed by atoms with E-state index < -0.39 is 10.9 Å². The van der Waals surface area contributed by atoms with Crippen molar-refractivity contribution in [3.8, 4) is 0 Å². The number of hydrogen-bond acceptors (Lipinski definition) is 8. The van der Waals surface area contributed by atoms with Gasteiger partial charge >= 0.3 is 5.97 Å². The standard InChI is InChI=1S/C14H10N4O5S/c15-10-2-1-8(5-11(10)18(21)22)13(20)23-7-9-6-12(19)17-3-4-24-14(17)16-9/h1-6H,7,15H2. The number of hydrogen-bond donors (Lipinski definition) is 1. The molecule has 2 N–H and O–H groups in total. The Labute approximate surface area is 138 Å². The predicted octanol–water partition coefficient (Wildman–Crippen LogP) is 1.60. The fourth-order valence-electron chi connectivity index (χ4n) is 2.01. The van der Waals surface area contributed by atoms with E-state index in [0.717, 1.165) is 6.07 Å². The molecular formula is C14H10N4O5S. The SMILES string of the molecule is Nc1ccc(C(=O)OCc2cc(=O)n3ccsc3n2)cc1[N+](=O)[O-]. The number of rotatable bonds is 4. The predicted molar refractivity (Wildman–Crippen MR) is 86.0 cm³/mol. The van der Waals surface area contributed by atoms with Gasteiger partial charge in [-0.05, 0) is 12.1 Å². The number of aromatic nitrogens is 2. The second-order valence-electron chi connectivity index (χ2n) is 4.75. The molecule has 3 aromatic rings. The van der Waals surface area contributed by atoms with Gasteiger partial charge in [0.05, 0.1) is 16.2 Å². The number of ether oxygens (including phenoxy) is 1. The Bertz CT molecular complexity index is 1010. The normalized spacial score (nSPS) is 10.7. The number of nitro groups is 1. The van der Waals surface area contributed by atoms with E-state index in [1.165, 1.54) is 33.9 Å². The van der Waals surface area contributed by atoms with E-state index in [1.54, 1.807) is 11.6 Å². The van der Waals surface area contributed by atoms with Crippen LogP contribution in [0.2, 0.25) is 0 Å². The van der Waals surface area contributed by atoms with Crippen LogP contribution in [0.4, 0.5) is 11.4 Å². The van der Waals surface area contributed by atoms with Gasteiger partial charge in [-0.15, -0.1) is 11.3 Å². The minimum atomic E-state index is -0.772. The lowest BCUT2D eigenvalue weighted by molar-refractivity contribution is -0.383. The average Bonchev–Trinajstić information content (AvgIpc) is 3.02. The Morgan fingerprint density at radius 1 is 1.42 bits per heavy atom. The van der Waals surface area contributed by atoms with Crippen LogP contribution >= 0.6 is 11.3 Å². The molecule has 0 aliphatic heterocycles. The first-order valence-electron chi connectivity index (χ1n) is 6.62. The fraction of sp³-hybridized carbons (Fsp3) is 0.0714. The van der Waals surface area contributed by atoms with E-state index in [4.69, 9.17) is 10.5 Å². The van der Waals surface area contributed by atoms with Crippen molar-refractivity contribution in [1.82, 2.24) is 9.38 Å². The number of anilines is 1. The largest absolute Gasteiger partial charge is 0.456 e. The van der Waals surface area contributed by atoms with Gasteiger partial charge in [0.1, 0.15) is 12.3 Å². The minimum Gasteiger partial charge on any atom is -0.456 e. The summed E-state index contributed by atoms with van der Waals surface area (Å²) in [4.78, 5) is 38.7. The summed E-state index contributed by atoms with van der Waals surface area (Å²) in [6.07, 6.45) is 1.60. The van der Waals surface area contributed by atoms with Crippen molar-refractivity contribution in [2.24, 2.45) is 0 Å². The van der Waals surface area contributed by atoms with Gasteiger partial charge in [-0.1, -0.05) is 0 Å². The second kappa shape index (κ2) is 6.08. The Balaban J connectivity index is 1.78. The molecule has 1 aromatic carbocycles. The molecular weight excluding hydrogens is 336 g/mol. The van der Waals surface area contributed by atoms with Gasteiger partial charge in [0, 0.05) is 23.7 Å². The number of carbonyl (C=O) groups excluding carboxylic acids is 1. The van der Waals surface area contributed by atoms with Crippen molar-refractivity contribution >= 4 is 33.6 Å². The van der Waals surface area contributed by atoms with E-state index >= 15 is 0 Å². The molecule has 10 heteroatoms. The zero-order valence-electron chi connectivity index (χ0n) is 12.0. The molecule has 0 fully saturated rings. The van der Waals surface area contributed by atoms with E-state index in [1.807, 2.05) is 0 Å². The van der Waals surface area contributed by atoms with Crippen LogP contribution in [0.1, 0.15) is 16.1 Å². The quantitative estimate of drug-likeness (QED) is 0.328. The first-order chi connectivity index (χ1) is 11.5. The smallest absolute Gasteiger partial charge is 0.338 e. The number of nitrogens with two attached hydrogens (primary N) is 1. The van der Waals surface area contributed by atoms with Crippen LogP contribution in [-0.2, 0) is 11.3 Å².